The summed E-state index contributed by atoms with van der Waals surface area (Å²) in [6.45, 7) is 0.230. The average Bonchev–Trinajstić information content (AvgIpc) is 2.98. The summed E-state index contributed by atoms with van der Waals surface area (Å²) in [6, 6.07) is 3.57. The summed E-state index contributed by atoms with van der Waals surface area (Å²) < 4.78 is 1.22. The Morgan fingerprint density at radius 1 is 1.24 bits per heavy atom. The lowest BCUT2D eigenvalue weighted by atomic mass is 10.0. The zero-order chi connectivity index (χ0) is 14.8. The Balaban J connectivity index is 2.06. The molecule has 1 aliphatic rings. The van der Waals surface area contributed by atoms with Crippen molar-refractivity contribution in [2.45, 2.75) is 38.1 Å². The largest absolute Gasteiger partial charge is 0.329 e. The second-order valence-corrected chi connectivity index (χ2v) is 5.76. The van der Waals surface area contributed by atoms with Gasteiger partial charge in [-0.1, -0.05) is 24.4 Å². The van der Waals surface area contributed by atoms with Crippen LogP contribution in [0.2, 0.25) is 5.15 Å². The van der Waals surface area contributed by atoms with Crippen molar-refractivity contribution in [3.63, 3.8) is 0 Å². The van der Waals surface area contributed by atoms with Crippen LogP contribution < -0.4 is 11.2 Å². The molecule has 5 nitrogen and oxygen atoms in total. The van der Waals surface area contributed by atoms with Crippen LogP contribution in [0.15, 0.2) is 34.1 Å². The molecule has 0 amide bonds. The van der Waals surface area contributed by atoms with Gasteiger partial charge in [-0.3, -0.25) is 19.3 Å². The summed E-state index contributed by atoms with van der Waals surface area (Å²) in [5.41, 5.74) is 0.677. The maximum atomic E-state index is 12.6. The van der Waals surface area contributed by atoms with Crippen LogP contribution >= 0.6 is 11.6 Å². The first-order chi connectivity index (χ1) is 10.2. The number of hydrogen-bond acceptors (Lipinski definition) is 3. The molecule has 0 spiro atoms. The Morgan fingerprint density at radius 2 is 1.90 bits per heavy atom. The molecule has 0 bridgehead atoms. The average molecular weight is 306 g/mol. The molecule has 1 saturated carbocycles. The molecule has 21 heavy (non-hydrogen) atoms. The van der Waals surface area contributed by atoms with Gasteiger partial charge in [0.15, 0.2) is 0 Å². The molecular weight excluding hydrogens is 290 g/mol. The van der Waals surface area contributed by atoms with Crippen LogP contribution in [0.5, 0.6) is 0 Å². The van der Waals surface area contributed by atoms with E-state index < -0.39 is 5.69 Å². The number of H-pyrrole nitrogens is 1. The predicted molar refractivity (Wildman–Crippen MR) is 80.9 cm³/mol. The van der Waals surface area contributed by atoms with E-state index in [0.29, 0.717) is 5.56 Å². The van der Waals surface area contributed by atoms with E-state index in [9.17, 15) is 9.59 Å². The number of aromatic amines is 1. The van der Waals surface area contributed by atoms with Crippen molar-refractivity contribution in [1.82, 2.24) is 14.5 Å². The minimum absolute atomic E-state index is 0.158. The molecule has 1 N–H and O–H groups in total. The zero-order valence-corrected chi connectivity index (χ0v) is 12.3. The Hall–Kier alpha value is -1.88. The van der Waals surface area contributed by atoms with Gasteiger partial charge in [0.25, 0.3) is 5.56 Å². The zero-order valence-electron chi connectivity index (χ0n) is 11.5. The van der Waals surface area contributed by atoms with Gasteiger partial charge in [0, 0.05) is 12.4 Å². The first-order valence-corrected chi connectivity index (χ1v) is 7.46. The number of aromatic nitrogens is 3. The summed E-state index contributed by atoms with van der Waals surface area (Å²) >= 11 is 6.11. The van der Waals surface area contributed by atoms with Gasteiger partial charge in [0.1, 0.15) is 5.15 Å². The quantitative estimate of drug-likeness (QED) is 0.885. The molecule has 2 aromatic rings. The second kappa shape index (κ2) is 5.85. The maximum Gasteiger partial charge on any atom is 0.329 e. The van der Waals surface area contributed by atoms with Crippen molar-refractivity contribution in [1.29, 1.82) is 0 Å². The molecule has 2 aromatic heterocycles. The fourth-order valence-corrected chi connectivity index (χ4v) is 3.26. The Kier molecular flexibility index (Phi) is 3.92. The molecule has 1 fully saturated rings. The van der Waals surface area contributed by atoms with Gasteiger partial charge in [-0.2, -0.15) is 0 Å². The molecule has 2 heterocycles. The molecule has 0 aliphatic heterocycles. The van der Waals surface area contributed by atoms with E-state index in [4.69, 9.17) is 11.6 Å². The minimum atomic E-state index is -0.469. The van der Waals surface area contributed by atoms with Crippen molar-refractivity contribution in [3.05, 3.63) is 61.6 Å². The molecule has 0 atom stereocenters. The first-order valence-electron chi connectivity index (χ1n) is 7.08. The smallest absolute Gasteiger partial charge is 0.297 e. The van der Waals surface area contributed by atoms with E-state index in [-0.39, 0.29) is 23.2 Å². The Morgan fingerprint density at radius 3 is 2.57 bits per heavy atom. The van der Waals surface area contributed by atoms with E-state index in [2.05, 4.69) is 9.97 Å². The van der Waals surface area contributed by atoms with Crippen LogP contribution in [0.3, 0.4) is 0 Å². The van der Waals surface area contributed by atoms with E-state index in [1.807, 2.05) is 0 Å². The van der Waals surface area contributed by atoms with Crippen molar-refractivity contribution >= 4 is 11.6 Å². The van der Waals surface area contributed by atoms with Gasteiger partial charge >= 0.3 is 5.69 Å². The highest BCUT2D eigenvalue weighted by molar-refractivity contribution is 6.30. The molecule has 3 rings (SSSR count). The summed E-state index contributed by atoms with van der Waals surface area (Å²) in [4.78, 5) is 31.2. The fourth-order valence-electron chi connectivity index (χ4n) is 2.94. The van der Waals surface area contributed by atoms with Crippen LogP contribution in [-0.2, 0) is 6.54 Å². The monoisotopic (exact) mass is 305 g/mol. The third-order valence-corrected chi connectivity index (χ3v) is 4.33. The van der Waals surface area contributed by atoms with Gasteiger partial charge in [-0.25, -0.2) is 4.79 Å². The number of rotatable bonds is 3. The lowest BCUT2D eigenvalue weighted by molar-refractivity contribution is 0.641. The van der Waals surface area contributed by atoms with Crippen LogP contribution in [0, 0.1) is 0 Å². The van der Waals surface area contributed by atoms with E-state index in [1.165, 1.54) is 4.57 Å². The molecule has 6 heteroatoms. The van der Waals surface area contributed by atoms with Gasteiger partial charge < -0.3 is 0 Å². The molecule has 0 radical (unpaired) electrons. The summed E-state index contributed by atoms with van der Waals surface area (Å²) in [7, 11) is 0. The summed E-state index contributed by atoms with van der Waals surface area (Å²) in [5, 5.41) is 0.197. The van der Waals surface area contributed by atoms with Crippen molar-refractivity contribution in [3.8, 4) is 0 Å². The second-order valence-electron chi connectivity index (χ2n) is 5.39. The number of nitrogens with zero attached hydrogens (tertiary/aromatic N) is 2. The number of nitrogens with one attached hydrogen (secondary N) is 1. The summed E-state index contributed by atoms with van der Waals surface area (Å²) in [5.74, 6) is 0.158. The van der Waals surface area contributed by atoms with Crippen LogP contribution in [0.4, 0.5) is 0 Å². The lowest BCUT2D eigenvalue weighted by Gasteiger charge is -2.13. The van der Waals surface area contributed by atoms with Crippen LogP contribution in [0.1, 0.15) is 42.7 Å². The Labute approximate surface area is 126 Å². The number of hydrogen-bond donors (Lipinski definition) is 1. The molecule has 0 unspecified atom stereocenters. The topological polar surface area (TPSA) is 67.8 Å². The normalized spacial score (nSPS) is 15.5. The van der Waals surface area contributed by atoms with Crippen molar-refractivity contribution in [2.75, 3.05) is 0 Å². The van der Waals surface area contributed by atoms with Crippen LogP contribution in [-0.4, -0.2) is 14.5 Å². The highest BCUT2D eigenvalue weighted by atomic mass is 35.5. The predicted octanol–water partition coefficient (Wildman–Crippen LogP) is 2.29. The number of pyridine rings is 1. The molecular formula is C15H16ClN3O2. The Bertz CT molecular complexity index is 746. The molecule has 110 valence electrons. The van der Waals surface area contributed by atoms with Crippen molar-refractivity contribution < 1.29 is 0 Å². The number of halogens is 1. The summed E-state index contributed by atoms with van der Waals surface area (Å²) in [6.07, 6.45) is 7.39. The van der Waals surface area contributed by atoms with Gasteiger partial charge in [-0.15, -0.1) is 0 Å². The molecule has 0 aromatic carbocycles. The maximum absolute atomic E-state index is 12.6. The van der Waals surface area contributed by atoms with Crippen molar-refractivity contribution in [2.24, 2.45) is 0 Å². The van der Waals surface area contributed by atoms with E-state index in [1.54, 1.807) is 24.5 Å². The third kappa shape index (κ3) is 2.78. The standard InChI is InChI=1S/C15H16ClN3O2/c16-13-12(11-3-1-2-4-11)14(20)19(15(21)18-13)9-10-5-7-17-8-6-10/h5-8,11H,1-4,9H2,(H,18,21). The third-order valence-electron chi connectivity index (χ3n) is 4.03. The fraction of sp³-hybridized carbons (Fsp3) is 0.400. The van der Waals surface area contributed by atoms with E-state index in [0.717, 1.165) is 31.2 Å². The minimum Gasteiger partial charge on any atom is -0.297 e. The lowest BCUT2D eigenvalue weighted by Crippen LogP contribution is -2.38. The van der Waals surface area contributed by atoms with Gasteiger partial charge in [-0.05, 0) is 36.5 Å². The van der Waals surface area contributed by atoms with Gasteiger partial charge in [0.05, 0.1) is 12.1 Å². The molecule has 0 saturated heterocycles. The molecule has 1 aliphatic carbocycles. The van der Waals surface area contributed by atoms with E-state index >= 15 is 0 Å². The van der Waals surface area contributed by atoms with Crippen LogP contribution in [0.25, 0.3) is 0 Å². The highest BCUT2D eigenvalue weighted by Crippen LogP contribution is 2.34. The van der Waals surface area contributed by atoms with Gasteiger partial charge in [0.2, 0.25) is 0 Å². The highest BCUT2D eigenvalue weighted by Gasteiger charge is 2.24. The first kappa shape index (κ1) is 14.1. The SMILES string of the molecule is O=c1[nH]c(Cl)c(C2CCCC2)c(=O)n1Cc1ccncc1.